The van der Waals surface area contributed by atoms with Gasteiger partial charge in [-0.05, 0) is 31.0 Å². The Kier molecular flexibility index (Phi) is 5.30. The minimum Gasteiger partial charge on any atom is -0.378 e. The summed E-state index contributed by atoms with van der Waals surface area (Å²) in [7, 11) is 3.97. The maximum atomic E-state index is 12.7. The second-order valence-corrected chi connectivity index (χ2v) is 5.95. The Labute approximate surface area is 126 Å². The molecule has 1 amide bonds. The minimum absolute atomic E-state index is 0.112. The third-order valence-corrected chi connectivity index (χ3v) is 4.13. The summed E-state index contributed by atoms with van der Waals surface area (Å²) in [6, 6.07) is 8.17. The molecule has 0 spiro atoms. The number of amides is 1. The van der Waals surface area contributed by atoms with Crippen LogP contribution in [0, 0.1) is 0 Å². The molecule has 4 heteroatoms. The molecule has 0 radical (unpaired) electrons. The van der Waals surface area contributed by atoms with E-state index in [1.807, 2.05) is 48.2 Å². The molecule has 0 heterocycles. The van der Waals surface area contributed by atoms with E-state index in [1.165, 1.54) is 12.8 Å². The van der Waals surface area contributed by atoms with Crippen LogP contribution in [0.4, 0.5) is 5.69 Å². The number of nitrogens with zero attached hydrogens (tertiary/aromatic N) is 2. The van der Waals surface area contributed by atoms with Gasteiger partial charge < -0.3 is 9.80 Å². The van der Waals surface area contributed by atoms with Gasteiger partial charge in [0.15, 0.2) is 0 Å². The first-order valence-corrected chi connectivity index (χ1v) is 7.81. The van der Waals surface area contributed by atoms with Crippen LogP contribution < -0.4 is 4.90 Å². The Hall–Kier alpha value is -1.22. The fourth-order valence-corrected chi connectivity index (χ4v) is 3.02. The molecule has 110 valence electrons. The van der Waals surface area contributed by atoms with E-state index in [2.05, 4.69) is 0 Å². The van der Waals surface area contributed by atoms with Crippen molar-refractivity contribution in [1.82, 2.24) is 4.90 Å². The molecule has 0 aromatic heterocycles. The number of alkyl halides is 1. The Morgan fingerprint density at radius 3 is 2.60 bits per heavy atom. The van der Waals surface area contributed by atoms with Gasteiger partial charge in [-0.25, -0.2) is 0 Å². The van der Waals surface area contributed by atoms with E-state index < -0.39 is 0 Å². The van der Waals surface area contributed by atoms with E-state index in [4.69, 9.17) is 11.6 Å². The van der Waals surface area contributed by atoms with Crippen LogP contribution in [0.1, 0.15) is 36.0 Å². The highest BCUT2D eigenvalue weighted by atomic mass is 35.5. The molecule has 0 N–H and O–H groups in total. The maximum Gasteiger partial charge on any atom is 0.254 e. The average molecular weight is 295 g/mol. The first-order valence-electron chi connectivity index (χ1n) is 7.28. The molecule has 1 aromatic rings. The summed E-state index contributed by atoms with van der Waals surface area (Å²) in [6.07, 6.45) is 4.65. The van der Waals surface area contributed by atoms with Gasteiger partial charge in [0, 0.05) is 43.8 Å². The Bertz CT molecular complexity index is 456. The van der Waals surface area contributed by atoms with E-state index >= 15 is 0 Å². The van der Waals surface area contributed by atoms with Crippen LogP contribution in [0.25, 0.3) is 0 Å². The standard InChI is InChI=1S/C16H23ClN2O/c1-18(2)15-9-5-6-13(12-15)16(20)19(11-10-17)14-7-3-4-8-14/h5-6,9,12,14H,3-4,7-8,10-11H2,1-2H3. The summed E-state index contributed by atoms with van der Waals surface area (Å²) >= 11 is 5.89. The SMILES string of the molecule is CN(C)c1cccc(C(=O)N(CCCl)C2CCCC2)c1. The van der Waals surface area contributed by atoms with E-state index in [-0.39, 0.29) is 5.91 Å². The highest BCUT2D eigenvalue weighted by Crippen LogP contribution is 2.25. The van der Waals surface area contributed by atoms with Gasteiger partial charge in [0.2, 0.25) is 0 Å². The van der Waals surface area contributed by atoms with E-state index in [0.717, 1.165) is 24.1 Å². The predicted molar refractivity (Wildman–Crippen MR) is 84.8 cm³/mol. The van der Waals surface area contributed by atoms with Crippen molar-refractivity contribution in [3.63, 3.8) is 0 Å². The Morgan fingerprint density at radius 2 is 2.00 bits per heavy atom. The van der Waals surface area contributed by atoms with Crippen molar-refractivity contribution in [3.8, 4) is 0 Å². The third kappa shape index (κ3) is 3.45. The zero-order valence-electron chi connectivity index (χ0n) is 12.3. The highest BCUT2D eigenvalue weighted by Gasteiger charge is 2.27. The number of hydrogen-bond donors (Lipinski definition) is 0. The number of carbonyl (C=O) groups is 1. The first kappa shape index (κ1) is 15.2. The molecule has 0 bridgehead atoms. The van der Waals surface area contributed by atoms with Crippen LogP contribution in [0.15, 0.2) is 24.3 Å². The molecule has 0 aliphatic heterocycles. The lowest BCUT2D eigenvalue weighted by Crippen LogP contribution is -2.40. The molecule has 0 saturated heterocycles. The number of hydrogen-bond acceptors (Lipinski definition) is 2. The van der Waals surface area contributed by atoms with Gasteiger partial charge in [0.1, 0.15) is 0 Å². The molecule has 2 rings (SSSR count). The lowest BCUT2D eigenvalue weighted by atomic mass is 10.1. The van der Waals surface area contributed by atoms with Crippen molar-refractivity contribution >= 4 is 23.2 Å². The largest absolute Gasteiger partial charge is 0.378 e. The number of benzene rings is 1. The second-order valence-electron chi connectivity index (χ2n) is 5.57. The number of rotatable bonds is 5. The molecule has 1 aliphatic carbocycles. The van der Waals surface area contributed by atoms with Crippen LogP contribution in [0.3, 0.4) is 0 Å². The van der Waals surface area contributed by atoms with Crippen LogP contribution in [0.2, 0.25) is 0 Å². The van der Waals surface area contributed by atoms with Gasteiger partial charge in [0.05, 0.1) is 0 Å². The summed E-state index contributed by atoms with van der Waals surface area (Å²) in [5.74, 6) is 0.608. The molecule has 0 atom stereocenters. The topological polar surface area (TPSA) is 23.6 Å². The van der Waals surface area contributed by atoms with E-state index in [1.54, 1.807) is 0 Å². The molecule has 3 nitrogen and oxygen atoms in total. The van der Waals surface area contributed by atoms with E-state index in [0.29, 0.717) is 18.5 Å². The van der Waals surface area contributed by atoms with Crippen LogP contribution in [-0.2, 0) is 0 Å². The molecule has 1 aliphatic rings. The third-order valence-electron chi connectivity index (χ3n) is 3.96. The normalized spacial score (nSPS) is 15.3. The van der Waals surface area contributed by atoms with Gasteiger partial charge in [0.25, 0.3) is 5.91 Å². The van der Waals surface area contributed by atoms with Gasteiger partial charge >= 0.3 is 0 Å². The fourth-order valence-electron chi connectivity index (χ4n) is 2.84. The number of carbonyl (C=O) groups excluding carboxylic acids is 1. The van der Waals surface area contributed by atoms with Crippen molar-refractivity contribution < 1.29 is 4.79 Å². The van der Waals surface area contributed by atoms with Crippen molar-refractivity contribution in [2.45, 2.75) is 31.7 Å². The summed E-state index contributed by atoms with van der Waals surface area (Å²) in [5, 5.41) is 0. The number of anilines is 1. The monoisotopic (exact) mass is 294 g/mol. The molecule has 1 fully saturated rings. The first-order chi connectivity index (χ1) is 9.63. The highest BCUT2D eigenvalue weighted by molar-refractivity contribution is 6.18. The molecular formula is C16H23ClN2O. The van der Waals surface area contributed by atoms with Crippen molar-refractivity contribution in [2.75, 3.05) is 31.4 Å². The molecular weight excluding hydrogens is 272 g/mol. The number of halogens is 1. The Balaban J connectivity index is 2.20. The molecule has 1 aromatic carbocycles. The second kappa shape index (κ2) is 6.98. The minimum atomic E-state index is 0.112. The Morgan fingerprint density at radius 1 is 1.30 bits per heavy atom. The van der Waals surface area contributed by atoms with Crippen molar-refractivity contribution in [3.05, 3.63) is 29.8 Å². The molecule has 20 heavy (non-hydrogen) atoms. The van der Waals surface area contributed by atoms with Crippen LogP contribution in [-0.4, -0.2) is 43.4 Å². The quantitative estimate of drug-likeness (QED) is 0.777. The van der Waals surface area contributed by atoms with Gasteiger partial charge in [-0.3, -0.25) is 4.79 Å². The zero-order valence-corrected chi connectivity index (χ0v) is 13.1. The summed E-state index contributed by atoms with van der Waals surface area (Å²) in [5.41, 5.74) is 1.81. The van der Waals surface area contributed by atoms with Crippen LogP contribution in [0.5, 0.6) is 0 Å². The molecule has 1 saturated carbocycles. The van der Waals surface area contributed by atoms with Gasteiger partial charge in [-0.15, -0.1) is 11.6 Å². The van der Waals surface area contributed by atoms with E-state index in [9.17, 15) is 4.79 Å². The molecule has 0 unspecified atom stereocenters. The lowest BCUT2D eigenvalue weighted by molar-refractivity contribution is 0.0695. The van der Waals surface area contributed by atoms with Gasteiger partial charge in [-0.2, -0.15) is 0 Å². The van der Waals surface area contributed by atoms with Gasteiger partial charge in [-0.1, -0.05) is 18.9 Å². The fraction of sp³-hybridized carbons (Fsp3) is 0.562. The average Bonchev–Trinajstić information content (AvgIpc) is 2.98. The maximum absolute atomic E-state index is 12.7. The van der Waals surface area contributed by atoms with Crippen molar-refractivity contribution in [1.29, 1.82) is 0 Å². The van der Waals surface area contributed by atoms with Crippen molar-refractivity contribution in [2.24, 2.45) is 0 Å². The smallest absolute Gasteiger partial charge is 0.254 e. The summed E-state index contributed by atoms with van der Waals surface area (Å²) in [4.78, 5) is 16.7. The lowest BCUT2D eigenvalue weighted by Gasteiger charge is -2.28. The van der Waals surface area contributed by atoms with Crippen LogP contribution >= 0.6 is 11.6 Å². The zero-order chi connectivity index (χ0) is 14.5. The summed E-state index contributed by atoms with van der Waals surface area (Å²) < 4.78 is 0. The summed E-state index contributed by atoms with van der Waals surface area (Å²) in [6.45, 7) is 0.636. The predicted octanol–water partition coefficient (Wildman–Crippen LogP) is 3.38.